The number of hydrogen-bond acceptors (Lipinski definition) is 4. The summed E-state index contributed by atoms with van der Waals surface area (Å²) in [6.45, 7) is 2.13. The van der Waals surface area contributed by atoms with E-state index in [1.165, 1.54) is 0 Å². The van der Waals surface area contributed by atoms with Gasteiger partial charge in [0.25, 0.3) is 0 Å². The van der Waals surface area contributed by atoms with E-state index in [-0.39, 0.29) is 12.9 Å². The van der Waals surface area contributed by atoms with Crippen LogP contribution in [-0.4, -0.2) is 31.2 Å². The Morgan fingerprint density at radius 1 is 1.29 bits per heavy atom. The van der Waals surface area contributed by atoms with Crippen molar-refractivity contribution in [1.82, 2.24) is 0 Å². The number of aliphatic hydroxyl groups is 1. The van der Waals surface area contributed by atoms with Gasteiger partial charge in [0, 0.05) is 6.42 Å². The normalized spacial score (nSPS) is 17.0. The van der Waals surface area contributed by atoms with E-state index in [1.807, 2.05) is 24.3 Å². The first-order chi connectivity index (χ1) is 8.38. The highest BCUT2D eigenvalue weighted by molar-refractivity contribution is 5.27. The highest BCUT2D eigenvalue weighted by Gasteiger charge is 2.13. The number of rotatable bonds is 5. The second-order valence-corrected chi connectivity index (χ2v) is 3.97. The van der Waals surface area contributed by atoms with Crippen molar-refractivity contribution in [3.8, 4) is 5.75 Å². The molecule has 1 saturated heterocycles. The number of aliphatic hydroxyl groups excluding tert-OH is 1. The molecule has 1 N–H and O–H groups in total. The molecule has 0 amide bonds. The van der Waals surface area contributed by atoms with Crippen LogP contribution in [0.5, 0.6) is 5.75 Å². The Hall–Kier alpha value is -1.10. The molecular formula is C13H18O4. The summed E-state index contributed by atoms with van der Waals surface area (Å²) >= 11 is 0. The summed E-state index contributed by atoms with van der Waals surface area (Å²) in [6.07, 6.45) is 1.56. The summed E-state index contributed by atoms with van der Waals surface area (Å²) in [5.74, 6) is 0.771. The van der Waals surface area contributed by atoms with Crippen LogP contribution in [0.3, 0.4) is 0 Å². The Labute approximate surface area is 101 Å². The lowest BCUT2D eigenvalue weighted by Gasteiger charge is -2.23. The van der Waals surface area contributed by atoms with Crippen molar-refractivity contribution in [2.75, 3.05) is 19.8 Å². The number of ether oxygens (including phenoxy) is 3. The summed E-state index contributed by atoms with van der Waals surface area (Å²) in [7, 11) is 0. The minimum Gasteiger partial charge on any atom is -0.493 e. The molecule has 1 aliphatic rings. The van der Waals surface area contributed by atoms with Crippen molar-refractivity contribution < 1.29 is 19.3 Å². The van der Waals surface area contributed by atoms with E-state index in [4.69, 9.17) is 19.3 Å². The van der Waals surface area contributed by atoms with Gasteiger partial charge in [-0.25, -0.2) is 0 Å². The quantitative estimate of drug-likeness (QED) is 0.848. The van der Waals surface area contributed by atoms with E-state index >= 15 is 0 Å². The monoisotopic (exact) mass is 238 g/mol. The van der Waals surface area contributed by atoms with Crippen molar-refractivity contribution in [3.63, 3.8) is 0 Å². The number of benzene rings is 1. The third-order valence-corrected chi connectivity index (χ3v) is 2.60. The minimum absolute atomic E-state index is 0.0338. The lowest BCUT2D eigenvalue weighted by molar-refractivity contribution is -0.183. The van der Waals surface area contributed by atoms with Crippen LogP contribution in [0.2, 0.25) is 0 Å². The third-order valence-electron chi connectivity index (χ3n) is 2.60. The molecule has 0 saturated carbocycles. The predicted molar refractivity (Wildman–Crippen MR) is 62.8 cm³/mol. The smallest absolute Gasteiger partial charge is 0.160 e. The molecule has 1 heterocycles. The van der Waals surface area contributed by atoms with E-state index in [9.17, 15) is 0 Å². The average molecular weight is 238 g/mol. The minimum atomic E-state index is -0.134. The maximum absolute atomic E-state index is 9.00. The average Bonchev–Trinajstić information content (AvgIpc) is 2.40. The Balaban J connectivity index is 1.73. The van der Waals surface area contributed by atoms with E-state index < -0.39 is 0 Å². The molecule has 17 heavy (non-hydrogen) atoms. The first-order valence-electron chi connectivity index (χ1n) is 5.94. The summed E-state index contributed by atoms with van der Waals surface area (Å²) in [5, 5.41) is 9.00. The zero-order chi connectivity index (χ0) is 11.9. The van der Waals surface area contributed by atoms with Crippen molar-refractivity contribution >= 4 is 0 Å². The molecule has 4 heteroatoms. The molecule has 1 aromatic rings. The standard InChI is InChI=1S/C13H18O4/c14-10-11-3-1-4-12(9-11)15-8-5-13-16-6-2-7-17-13/h1,3-4,9,13-14H,2,5-8,10H2. The summed E-state index contributed by atoms with van der Waals surface area (Å²) in [4.78, 5) is 0. The largest absolute Gasteiger partial charge is 0.493 e. The Kier molecular flexibility index (Phi) is 4.79. The highest BCUT2D eigenvalue weighted by Crippen LogP contribution is 2.15. The van der Waals surface area contributed by atoms with Crippen molar-refractivity contribution in [2.45, 2.75) is 25.7 Å². The third kappa shape index (κ3) is 4.00. The molecule has 0 aromatic heterocycles. The van der Waals surface area contributed by atoms with Gasteiger partial charge in [0.15, 0.2) is 6.29 Å². The van der Waals surface area contributed by atoms with Gasteiger partial charge in [-0.15, -0.1) is 0 Å². The van der Waals surface area contributed by atoms with E-state index in [0.717, 1.165) is 37.4 Å². The van der Waals surface area contributed by atoms with Crippen LogP contribution in [0.15, 0.2) is 24.3 Å². The van der Waals surface area contributed by atoms with Crippen LogP contribution in [0, 0.1) is 0 Å². The van der Waals surface area contributed by atoms with Crippen molar-refractivity contribution in [1.29, 1.82) is 0 Å². The van der Waals surface area contributed by atoms with Gasteiger partial charge in [-0.2, -0.15) is 0 Å². The molecule has 1 aromatic carbocycles. The molecule has 0 spiro atoms. The molecule has 1 fully saturated rings. The molecule has 2 rings (SSSR count). The first-order valence-corrected chi connectivity index (χ1v) is 5.94. The summed E-state index contributed by atoms with van der Waals surface area (Å²) < 4.78 is 16.4. The van der Waals surface area contributed by atoms with Crippen LogP contribution < -0.4 is 4.74 Å². The van der Waals surface area contributed by atoms with E-state index in [2.05, 4.69) is 0 Å². The van der Waals surface area contributed by atoms with Gasteiger partial charge in [0.05, 0.1) is 26.4 Å². The Morgan fingerprint density at radius 2 is 2.12 bits per heavy atom. The molecule has 0 atom stereocenters. The summed E-state index contributed by atoms with van der Waals surface area (Å²) in [5.41, 5.74) is 0.854. The SMILES string of the molecule is OCc1cccc(OCCC2OCCCO2)c1. The molecule has 4 nitrogen and oxygen atoms in total. The van der Waals surface area contributed by atoms with Gasteiger partial charge in [0.2, 0.25) is 0 Å². The van der Waals surface area contributed by atoms with E-state index in [0.29, 0.717) is 6.61 Å². The van der Waals surface area contributed by atoms with Gasteiger partial charge in [0.1, 0.15) is 5.75 Å². The van der Waals surface area contributed by atoms with Crippen molar-refractivity contribution in [3.05, 3.63) is 29.8 Å². The molecular weight excluding hydrogens is 220 g/mol. The fourth-order valence-corrected chi connectivity index (χ4v) is 1.71. The lowest BCUT2D eigenvalue weighted by Crippen LogP contribution is -2.26. The van der Waals surface area contributed by atoms with Gasteiger partial charge in [-0.1, -0.05) is 12.1 Å². The van der Waals surface area contributed by atoms with Gasteiger partial charge in [-0.3, -0.25) is 0 Å². The highest BCUT2D eigenvalue weighted by atomic mass is 16.7. The molecule has 0 aliphatic carbocycles. The van der Waals surface area contributed by atoms with Crippen LogP contribution in [0.1, 0.15) is 18.4 Å². The van der Waals surface area contributed by atoms with Crippen LogP contribution in [-0.2, 0) is 16.1 Å². The molecule has 0 unspecified atom stereocenters. The van der Waals surface area contributed by atoms with Gasteiger partial charge in [-0.05, 0) is 24.1 Å². The zero-order valence-electron chi connectivity index (χ0n) is 9.80. The Morgan fingerprint density at radius 3 is 2.88 bits per heavy atom. The topological polar surface area (TPSA) is 47.9 Å². The second kappa shape index (κ2) is 6.59. The fraction of sp³-hybridized carbons (Fsp3) is 0.538. The lowest BCUT2D eigenvalue weighted by atomic mass is 10.2. The Bertz CT molecular complexity index is 334. The second-order valence-electron chi connectivity index (χ2n) is 3.97. The van der Waals surface area contributed by atoms with Gasteiger partial charge >= 0.3 is 0 Å². The van der Waals surface area contributed by atoms with Crippen LogP contribution >= 0.6 is 0 Å². The van der Waals surface area contributed by atoms with Crippen LogP contribution in [0.4, 0.5) is 0 Å². The number of hydrogen-bond donors (Lipinski definition) is 1. The molecule has 1 aliphatic heterocycles. The van der Waals surface area contributed by atoms with E-state index in [1.54, 1.807) is 0 Å². The first kappa shape index (κ1) is 12.4. The zero-order valence-corrected chi connectivity index (χ0v) is 9.80. The molecule has 0 radical (unpaired) electrons. The summed E-state index contributed by atoms with van der Waals surface area (Å²) in [6, 6.07) is 7.44. The molecule has 0 bridgehead atoms. The van der Waals surface area contributed by atoms with Gasteiger partial charge < -0.3 is 19.3 Å². The predicted octanol–water partition coefficient (Wildman–Crippen LogP) is 1.71. The van der Waals surface area contributed by atoms with Crippen molar-refractivity contribution in [2.24, 2.45) is 0 Å². The van der Waals surface area contributed by atoms with Crippen LogP contribution in [0.25, 0.3) is 0 Å². The molecule has 94 valence electrons. The maximum Gasteiger partial charge on any atom is 0.160 e. The fourth-order valence-electron chi connectivity index (χ4n) is 1.71. The maximum atomic E-state index is 9.00.